The van der Waals surface area contributed by atoms with E-state index in [1.54, 1.807) is 44.2 Å². The molecule has 1 saturated carbocycles. The molecule has 0 bridgehead atoms. The van der Waals surface area contributed by atoms with Crippen molar-refractivity contribution >= 4 is 51.8 Å². The number of piperidine rings is 1. The summed E-state index contributed by atoms with van der Waals surface area (Å²) < 4.78 is 41.6. The Morgan fingerprint density at radius 1 is 0.931 bits per heavy atom. The molecule has 0 spiro atoms. The van der Waals surface area contributed by atoms with Crippen LogP contribution < -0.4 is 21.3 Å². The maximum atomic E-state index is 13.3. The number of imide groups is 2. The fourth-order valence-corrected chi connectivity index (χ4v) is 7.97. The molecule has 1 atom stereocenters. The molecule has 0 radical (unpaired) electrons. The zero-order valence-electron chi connectivity index (χ0n) is 32.1. The first-order valence-electron chi connectivity index (χ1n) is 19.5. The Balaban J connectivity index is 0.871. The van der Waals surface area contributed by atoms with E-state index in [2.05, 4.69) is 26.3 Å². The minimum Gasteiger partial charge on any atom is -0.386 e. The van der Waals surface area contributed by atoms with Gasteiger partial charge in [-0.1, -0.05) is 12.1 Å². The van der Waals surface area contributed by atoms with Crippen LogP contribution in [-0.4, -0.2) is 80.0 Å². The van der Waals surface area contributed by atoms with Crippen molar-refractivity contribution in [2.75, 3.05) is 30.3 Å². The molecule has 2 aromatic carbocycles. The summed E-state index contributed by atoms with van der Waals surface area (Å²) in [5.41, 5.74) is -0.702. The molecule has 4 aromatic rings. The topological polar surface area (TPSA) is 188 Å². The number of anilines is 2. The first kappa shape index (κ1) is 40.5. The van der Waals surface area contributed by atoms with E-state index in [0.717, 1.165) is 68.6 Å². The van der Waals surface area contributed by atoms with Gasteiger partial charge in [-0.3, -0.25) is 38.9 Å². The second-order valence-corrected chi connectivity index (χ2v) is 15.7. The molecule has 17 heteroatoms. The van der Waals surface area contributed by atoms with Crippen molar-refractivity contribution in [2.24, 2.45) is 5.92 Å². The number of nitrogens with one attached hydrogen (secondary N) is 4. The normalized spacial score (nSPS) is 20.0. The van der Waals surface area contributed by atoms with Crippen LogP contribution >= 0.6 is 0 Å². The number of fused-ring (bicyclic) bond motifs is 2. The van der Waals surface area contributed by atoms with Crippen molar-refractivity contribution in [2.45, 2.75) is 89.1 Å². The van der Waals surface area contributed by atoms with E-state index in [1.165, 1.54) is 6.07 Å². The summed E-state index contributed by atoms with van der Waals surface area (Å²) in [4.78, 5) is 67.9. The minimum atomic E-state index is -4.70. The van der Waals surface area contributed by atoms with Gasteiger partial charge in [0.05, 0.1) is 28.3 Å². The van der Waals surface area contributed by atoms with Gasteiger partial charge in [0.25, 0.3) is 17.7 Å². The number of amides is 5. The van der Waals surface area contributed by atoms with Gasteiger partial charge in [-0.05, 0) is 114 Å². The van der Waals surface area contributed by atoms with Gasteiger partial charge < -0.3 is 21.1 Å². The molecular formula is C41H45F3N8O6. The highest BCUT2D eigenvalue weighted by atomic mass is 19.4. The fourth-order valence-electron chi connectivity index (χ4n) is 7.97. The van der Waals surface area contributed by atoms with Gasteiger partial charge in [0, 0.05) is 41.5 Å². The molecule has 306 valence electrons. The lowest BCUT2D eigenvalue weighted by Crippen LogP contribution is -2.54. The van der Waals surface area contributed by atoms with Crippen LogP contribution in [0.4, 0.5) is 24.5 Å². The smallest absolute Gasteiger partial charge is 0.386 e. The highest BCUT2D eigenvalue weighted by molar-refractivity contribution is 6.25. The Morgan fingerprint density at radius 2 is 1.67 bits per heavy atom. The van der Waals surface area contributed by atoms with Crippen molar-refractivity contribution in [3.05, 3.63) is 82.8 Å². The number of hydrogen-bond donors (Lipinski definition) is 5. The Morgan fingerprint density at radius 3 is 2.40 bits per heavy atom. The minimum absolute atomic E-state index is 0.0612. The molecule has 1 aliphatic carbocycles. The van der Waals surface area contributed by atoms with Gasteiger partial charge in [-0.25, -0.2) is 4.98 Å². The third-order valence-electron chi connectivity index (χ3n) is 11.0. The summed E-state index contributed by atoms with van der Waals surface area (Å²) in [7, 11) is 0. The number of halogens is 3. The van der Waals surface area contributed by atoms with Gasteiger partial charge in [0.15, 0.2) is 0 Å². The number of nitrogens with zero attached hydrogens (tertiary/aromatic N) is 4. The summed E-state index contributed by atoms with van der Waals surface area (Å²) in [5, 5.41) is 28.2. The van der Waals surface area contributed by atoms with E-state index in [1.807, 2.05) is 10.9 Å². The van der Waals surface area contributed by atoms with Crippen LogP contribution in [0.15, 0.2) is 54.7 Å². The SMILES string of the molecule is CC(C)(O)c1cc2nn(C3CCC(CNCCCCNc4cccc5c4C(=O)N(C4CCC(=O)NC4=O)C5=O)CC3)cc2cc1NC(=O)c1cccc(C(F)(F)F)n1. The van der Waals surface area contributed by atoms with Crippen LogP contribution in [0, 0.1) is 5.92 Å². The van der Waals surface area contributed by atoms with E-state index >= 15 is 0 Å². The van der Waals surface area contributed by atoms with Crippen molar-refractivity contribution in [1.82, 2.24) is 30.3 Å². The Hall–Kier alpha value is -5.68. The van der Waals surface area contributed by atoms with Crippen molar-refractivity contribution in [3.63, 3.8) is 0 Å². The number of alkyl halides is 3. The van der Waals surface area contributed by atoms with Crippen LogP contribution in [0.1, 0.15) is 114 Å². The molecule has 1 saturated heterocycles. The van der Waals surface area contributed by atoms with Crippen LogP contribution in [0.2, 0.25) is 0 Å². The number of pyridine rings is 1. The number of benzene rings is 2. The number of aliphatic hydroxyl groups is 1. The molecule has 2 aromatic heterocycles. The molecule has 58 heavy (non-hydrogen) atoms. The second kappa shape index (κ2) is 16.3. The molecule has 1 unspecified atom stereocenters. The summed E-state index contributed by atoms with van der Waals surface area (Å²) in [5.74, 6) is -2.47. The Bertz CT molecular complexity index is 2260. The zero-order chi connectivity index (χ0) is 41.4. The Kier molecular flexibility index (Phi) is 11.4. The average Bonchev–Trinajstić information content (AvgIpc) is 3.71. The van der Waals surface area contributed by atoms with Gasteiger partial charge in [-0.2, -0.15) is 18.3 Å². The number of carbonyl (C=O) groups excluding carboxylic acids is 5. The van der Waals surface area contributed by atoms with E-state index in [-0.39, 0.29) is 35.7 Å². The first-order valence-corrected chi connectivity index (χ1v) is 19.5. The fraction of sp³-hybridized carbons (Fsp3) is 0.439. The number of hydrogen-bond acceptors (Lipinski definition) is 10. The lowest BCUT2D eigenvalue weighted by molar-refractivity contribution is -0.141. The molecular weight excluding hydrogens is 757 g/mol. The number of carbonyl (C=O) groups is 5. The Labute approximate surface area is 331 Å². The summed E-state index contributed by atoms with van der Waals surface area (Å²) in [6.45, 7) is 5.38. The average molecular weight is 803 g/mol. The molecule has 14 nitrogen and oxygen atoms in total. The molecule has 5 N–H and O–H groups in total. The number of rotatable bonds is 13. The van der Waals surface area contributed by atoms with Crippen LogP contribution in [0.5, 0.6) is 0 Å². The maximum absolute atomic E-state index is 13.3. The molecule has 5 amide bonds. The van der Waals surface area contributed by atoms with Gasteiger partial charge >= 0.3 is 6.18 Å². The highest BCUT2D eigenvalue weighted by Gasteiger charge is 2.45. The third-order valence-corrected chi connectivity index (χ3v) is 11.0. The van der Waals surface area contributed by atoms with Crippen molar-refractivity contribution in [1.29, 1.82) is 0 Å². The highest BCUT2D eigenvalue weighted by Crippen LogP contribution is 2.37. The monoisotopic (exact) mass is 802 g/mol. The lowest BCUT2D eigenvalue weighted by Gasteiger charge is -2.28. The quantitative estimate of drug-likeness (QED) is 0.0849. The predicted molar refractivity (Wildman–Crippen MR) is 207 cm³/mol. The van der Waals surface area contributed by atoms with E-state index in [0.29, 0.717) is 34.6 Å². The van der Waals surface area contributed by atoms with Crippen LogP contribution in [-0.2, 0) is 21.4 Å². The largest absolute Gasteiger partial charge is 0.433 e. The summed E-state index contributed by atoms with van der Waals surface area (Å²) >= 11 is 0. The van der Waals surface area contributed by atoms with Crippen LogP contribution in [0.25, 0.3) is 10.9 Å². The number of unbranched alkanes of at least 4 members (excludes halogenated alkanes) is 1. The van der Waals surface area contributed by atoms with Gasteiger partial charge in [0.2, 0.25) is 11.8 Å². The maximum Gasteiger partial charge on any atom is 0.433 e. The predicted octanol–water partition coefficient (Wildman–Crippen LogP) is 5.54. The number of aromatic nitrogens is 3. The van der Waals surface area contributed by atoms with E-state index in [9.17, 15) is 42.3 Å². The molecule has 4 heterocycles. The molecule has 3 aliphatic rings. The lowest BCUT2D eigenvalue weighted by atomic mass is 9.86. The molecule has 2 fully saturated rings. The summed E-state index contributed by atoms with van der Waals surface area (Å²) in [6.07, 6.45) is 2.88. The van der Waals surface area contributed by atoms with E-state index < -0.39 is 58.7 Å². The van der Waals surface area contributed by atoms with Crippen molar-refractivity contribution in [3.8, 4) is 0 Å². The second-order valence-electron chi connectivity index (χ2n) is 15.7. The van der Waals surface area contributed by atoms with Crippen LogP contribution in [0.3, 0.4) is 0 Å². The van der Waals surface area contributed by atoms with Gasteiger partial charge in [0.1, 0.15) is 17.4 Å². The molecule has 2 aliphatic heterocycles. The van der Waals surface area contributed by atoms with Gasteiger partial charge in [-0.15, -0.1) is 0 Å². The third kappa shape index (κ3) is 8.60. The standard InChI is InChI=1S/C41H45F3N8O6/c1-40(2,58)27-20-30-24(19-31(27)48-36(54)29-9-6-10-33(47-29)41(42,43)44)22-51(50-30)25-13-11-23(12-14-25)21-45-17-3-4-18-46-28-8-5-7-26-35(28)39(57)52(38(26)56)32-15-16-34(53)49-37(32)55/h5-10,19-20,22-23,25,32,45-46,58H,3-4,11-18,21H2,1-2H3,(H,48,54)(H,49,53,55). The van der Waals surface area contributed by atoms with Crippen molar-refractivity contribution < 1.29 is 42.3 Å². The zero-order valence-corrected chi connectivity index (χ0v) is 32.1. The first-order chi connectivity index (χ1) is 27.6. The summed E-state index contributed by atoms with van der Waals surface area (Å²) in [6, 6.07) is 10.6. The molecule has 7 rings (SSSR count). The van der Waals surface area contributed by atoms with E-state index in [4.69, 9.17) is 5.10 Å².